The van der Waals surface area contributed by atoms with Crippen LogP contribution in [0, 0.1) is 0 Å². The smallest absolute Gasteiger partial charge is 0.261 e. The summed E-state index contributed by atoms with van der Waals surface area (Å²) in [5.74, 6) is 0.0934. The largest absolute Gasteiger partial charge is 0.484 e. The van der Waals surface area contributed by atoms with Gasteiger partial charge in [-0.1, -0.05) is 48.0 Å². The van der Waals surface area contributed by atoms with Crippen molar-refractivity contribution in [3.05, 3.63) is 65.2 Å². The molecule has 144 valence electrons. The lowest BCUT2D eigenvalue weighted by atomic mass is 10.1. The van der Waals surface area contributed by atoms with Gasteiger partial charge in [0, 0.05) is 18.1 Å². The standard InChI is InChI=1S/C21H25ClN2O3/c1-3-23-21(26)16(2)24(13-12-17-8-5-4-6-9-17)20(25)15-27-19-11-7-10-18(22)14-19/h4-11,14,16H,3,12-13,15H2,1-2H3,(H,23,26)/t16-/m1/s1. The van der Waals surface area contributed by atoms with E-state index in [0.717, 1.165) is 5.56 Å². The highest BCUT2D eigenvalue weighted by atomic mass is 35.5. The summed E-state index contributed by atoms with van der Waals surface area (Å²) in [7, 11) is 0. The van der Waals surface area contributed by atoms with Crippen molar-refractivity contribution in [2.24, 2.45) is 0 Å². The van der Waals surface area contributed by atoms with E-state index in [1.807, 2.05) is 37.3 Å². The molecule has 2 amide bonds. The summed E-state index contributed by atoms with van der Waals surface area (Å²) >= 11 is 5.94. The monoisotopic (exact) mass is 388 g/mol. The van der Waals surface area contributed by atoms with E-state index in [9.17, 15) is 9.59 Å². The number of hydrogen-bond acceptors (Lipinski definition) is 3. The molecule has 0 unspecified atom stereocenters. The van der Waals surface area contributed by atoms with Gasteiger partial charge in [0.2, 0.25) is 5.91 Å². The SMILES string of the molecule is CCNC(=O)[C@@H](C)N(CCc1ccccc1)C(=O)COc1cccc(Cl)c1. The second-order valence-corrected chi connectivity index (χ2v) is 6.58. The maximum atomic E-state index is 12.8. The van der Waals surface area contributed by atoms with Crippen LogP contribution in [0.25, 0.3) is 0 Å². The Kier molecular flexibility index (Phi) is 8.14. The molecule has 1 N–H and O–H groups in total. The number of carbonyl (C=O) groups excluding carboxylic acids is 2. The average Bonchev–Trinajstić information content (AvgIpc) is 2.67. The van der Waals surface area contributed by atoms with Crippen LogP contribution < -0.4 is 10.1 Å². The number of hydrogen-bond donors (Lipinski definition) is 1. The molecule has 0 heterocycles. The highest BCUT2D eigenvalue weighted by Gasteiger charge is 2.25. The summed E-state index contributed by atoms with van der Waals surface area (Å²) in [6, 6.07) is 16.2. The van der Waals surface area contributed by atoms with Gasteiger partial charge in [0.1, 0.15) is 11.8 Å². The van der Waals surface area contributed by atoms with Crippen LogP contribution in [0.15, 0.2) is 54.6 Å². The molecule has 2 rings (SSSR count). The number of likely N-dealkylation sites (N-methyl/N-ethyl adjacent to an activating group) is 1. The summed E-state index contributed by atoms with van der Waals surface area (Å²) < 4.78 is 5.56. The molecule has 27 heavy (non-hydrogen) atoms. The van der Waals surface area contributed by atoms with Crippen molar-refractivity contribution in [1.82, 2.24) is 10.2 Å². The van der Waals surface area contributed by atoms with Gasteiger partial charge in [0.05, 0.1) is 0 Å². The summed E-state index contributed by atoms with van der Waals surface area (Å²) in [5.41, 5.74) is 1.11. The molecular weight excluding hydrogens is 364 g/mol. The first-order chi connectivity index (χ1) is 13.0. The Bertz CT molecular complexity index is 752. The van der Waals surface area contributed by atoms with E-state index in [1.54, 1.807) is 36.1 Å². The molecule has 0 aromatic heterocycles. The summed E-state index contributed by atoms with van der Waals surface area (Å²) in [5, 5.41) is 3.31. The molecule has 0 saturated carbocycles. The van der Waals surface area contributed by atoms with Crippen molar-refractivity contribution < 1.29 is 14.3 Å². The minimum absolute atomic E-state index is 0.154. The highest BCUT2D eigenvalue weighted by Crippen LogP contribution is 2.17. The Labute approximate surface area is 165 Å². The van der Waals surface area contributed by atoms with E-state index >= 15 is 0 Å². The third-order valence-corrected chi connectivity index (χ3v) is 4.40. The molecule has 0 spiro atoms. The zero-order valence-electron chi connectivity index (χ0n) is 15.7. The maximum Gasteiger partial charge on any atom is 0.261 e. The van der Waals surface area contributed by atoms with Crippen LogP contribution in [0.1, 0.15) is 19.4 Å². The van der Waals surface area contributed by atoms with Crippen LogP contribution in [-0.2, 0) is 16.0 Å². The second-order valence-electron chi connectivity index (χ2n) is 6.14. The van der Waals surface area contributed by atoms with Crippen LogP contribution >= 0.6 is 11.6 Å². The van der Waals surface area contributed by atoms with E-state index < -0.39 is 6.04 Å². The number of amides is 2. The molecular formula is C21H25ClN2O3. The van der Waals surface area contributed by atoms with Gasteiger partial charge in [-0.15, -0.1) is 0 Å². The van der Waals surface area contributed by atoms with Crippen molar-refractivity contribution in [2.75, 3.05) is 19.7 Å². The first kappa shape index (κ1) is 20.8. The minimum atomic E-state index is -0.580. The lowest BCUT2D eigenvalue weighted by Gasteiger charge is -2.28. The molecule has 6 heteroatoms. The predicted molar refractivity (Wildman–Crippen MR) is 107 cm³/mol. The number of carbonyl (C=O) groups is 2. The molecule has 0 fully saturated rings. The molecule has 0 radical (unpaired) electrons. The van der Waals surface area contributed by atoms with Crippen LogP contribution in [-0.4, -0.2) is 42.5 Å². The lowest BCUT2D eigenvalue weighted by molar-refractivity contribution is -0.141. The molecule has 5 nitrogen and oxygen atoms in total. The molecule has 2 aromatic rings. The van der Waals surface area contributed by atoms with Crippen LogP contribution in [0.4, 0.5) is 0 Å². The zero-order chi connectivity index (χ0) is 19.6. The van der Waals surface area contributed by atoms with Crippen molar-refractivity contribution in [3.8, 4) is 5.75 Å². The van der Waals surface area contributed by atoms with Gasteiger partial charge in [-0.05, 0) is 44.0 Å². The quantitative estimate of drug-likeness (QED) is 0.716. The third kappa shape index (κ3) is 6.61. The Morgan fingerprint density at radius 1 is 1.15 bits per heavy atom. The Morgan fingerprint density at radius 3 is 2.56 bits per heavy atom. The summed E-state index contributed by atoms with van der Waals surface area (Å²) in [6.45, 7) is 4.37. The molecule has 2 aromatic carbocycles. The number of halogens is 1. The first-order valence-corrected chi connectivity index (χ1v) is 9.38. The fourth-order valence-electron chi connectivity index (χ4n) is 2.68. The molecule has 1 atom stereocenters. The number of nitrogens with one attached hydrogen (secondary N) is 1. The van der Waals surface area contributed by atoms with E-state index in [-0.39, 0.29) is 18.4 Å². The van der Waals surface area contributed by atoms with Crippen LogP contribution in [0.3, 0.4) is 0 Å². The molecule has 0 aliphatic rings. The van der Waals surface area contributed by atoms with Crippen molar-refractivity contribution in [1.29, 1.82) is 0 Å². The first-order valence-electron chi connectivity index (χ1n) is 9.00. The van der Waals surface area contributed by atoms with Gasteiger partial charge in [0.25, 0.3) is 5.91 Å². The van der Waals surface area contributed by atoms with Gasteiger partial charge in [-0.3, -0.25) is 9.59 Å². The van der Waals surface area contributed by atoms with Crippen LogP contribution in [0.2, 0.25) is 5.02 Å². The van der Waals surface area contributed by atoms with E-state index in [4.69, 9.17) is 16.3 Å². The lowest BCUT2D eigenvalue weighted by Crippen LogP contribution is -2.50. The average molecular weight is 389 g/mol. The summed E-state index contributed by atoms with van der Waals surface area (Å²) in [6.07, 6.45) is 0.660. The van der Waals surface area contributed by atoms with E-state index in [1.165, 1.54) is 0 Å². The van der Waals surface area contributed by atoms with Gasteiger partial charge in [-0.2, -0.15) is 0 Å². The summed E-state index contributed by atoms with van der Waals surface area (Å²) in [4.78, 5) is 26.6. The van der Waals surface area contributed by atoms with Crippen LogP contribution in [0.5, 0.6) is 5.75 Å². The molecule has 0 bridgehead atoms. The molecule has 0 aliphatic heterocycles. The van der Waals surface area contributed by atoms with Gasteiger partial charge < -0.3 is 15.0 Å². The minimum Gasteiger partial charge on any atom is -0.484 e. The van der Waals surface area contributed by atoms with E-state index in [2.05, 4.69) is 5.32 Å². The maximum absolute atomic E-state index is 12.8. The highest BCUT2D eigenvalue weighted by molar-refractivity contribution is 6.30. The van der Waals surface area contributed by atoms with Crippen molar-refractivity contribution in [3.63, 3.8) is 0 Å². The Morgan fingerprint density at radius 2 is 1.89 bits per heavy atom. The Hall–Kier alpha value is -2.53. The topological polar surface area (TPSA) is 58.6 Å². The number of rotatable bonds is 9. The van der Waals surface area contributed by atoms with Gasteiger partial charge in [0.15, 0.2) is 6.61 Å². The van der Waals surface area contributed by atoms with Gasteiger partial charge >= 0.3 is 0 Å². The Balaban J connectivity index is 2.04. The number of benzene rings is 2. The zero-order valence-corrected chi connectivity index (χ0v) is 16.4. The van der Waals surface area contributed by atoms with Crippen molar-refractivity contribution in [2.45, 2.75) is 26.3 Å². The third-order valence-electron chi connectivity index (χ3n) is 4.16. The normalized spacial score (nSPS) is 11.5. The number of nitrogens with zero attached hydrogens (tertiary/aromatic N) is 1. The fourth-order valence-corrected chi connectivity index (χ4v) is 2.86. The fraction of sp³-hybridized carbons (Fsp3) is 0.333. The molecule has 0 aliphatic carbocycles. The van der Waals surface area contributed by atoms with E-state index in [0.29, 0.717) is 30.3 Å². The van der Waals surface area contributed by atoms with Crippen molar-refractivity contribution >= 4 is 23.4 Å². The second kappa shape index (κ2) is 10.6. The predicted octanol–water partition coefficient (Wildman–Crippen LogP) is 3.31. The molecule has 0 saturated heterocycles. The van der Waals surface area contributed by atoms with Gasteiger partial charge in [-0.25, -0.2) is 0 Å². The number of ether oxygens (including phenoxy) is 1.